The zero-order chi connectivity index (χ0) is 13.0. The number of nitrogens with zero attached hydrogens (tertiary/aromatic N) is 2. The van der Waals surface area contributed by atoms with E-state index in [1.54, 1.807) is 0 Å². The third-order valence-corrected chi connectivity index (χ3v) is 2.39. The summed E-state index contributed by atoms with van der Waals surface area (Å²) in [5.41, 5.74) is 6.25. The monoisotopic (exact) mass is 263 g/mol. The first-order chi connectivity index (χ1) is 8.66. The molecule has 0 radical (unpaired) electrons. The number of carbonyl (C=O) groups excluding carboxylic acids is 1. The molecule has 18 heavy (non-hydrogen) atoms. The normalized spacial score (nSPS) is 10.1. The Hall–Kier alpha value is -2.14. The van der Waals surface area contributed by atoms with E-state index in [1.807, 2.05) is 30.3 Å². The summed E-state index contributed by atoms with van der Waals surface area (Å²) in [5.74, 6) is -0.568. The van der Waals surface area contributed by atoms with Crippen molar-refractivity contribution in [3.8, 4) is 5.88 Å². The Balaban J connectivity index is 2.18. The van der Waals surface area contributed by atoms with Crippen molar-refractivity contribution >= 4 is 17.5 Å². The van der Waals surface area contributed by atoms with E-state index in [0.29, 0.717) is 0 Å². The van der Waals surface area contributed by atoms with Gasteiger partial charge in [0.05, 0.1) is 0 Å². The predicted octanol–water partition coefficient (Wildman–Crippen LogP) is 1.81. The SMILES string of the molecule is NC(=O)c1cnc(Cl)nc1OCc1ccccc1. The van der Waals surface area contributed by atoms with E-state index in [4.69, 9.17) is 22.1 Å². The summed E-state index contributed by atoms with van der Waals surface area (Å²) in [5, 5.41) is 0.00283. The van der Waals surface area contributed by atoms with Crippen molar-refractivity contribution in [3.63, 3.8) is 0 Å². The fourth-order valence-corrected chi connectivity index (χ4v) is 1.48. The zero-order valence-electron chi connectivity index (χ0n) is 9.34. The Bertz CT molecular complexity index is 561. The van der Waals surface area contributed by atoms with Gasteiger partial charge in [-0.15, -0.1) is 0 Å². The second kappa shape index (κ2) is 5.46. The van der Waals surface area contributed by atoms with Gasteiger partial charge in [-0.1, -0.05) is 30.3 Å². The topological polar surface area (TPSA) is 78.1 Å². The number of rotatable bonds is 4. The van der Waals surface area contributed by atoms with Crippen LogP contribution in [-0.4, -0.2) is 15.9 Å². The van der Waals surface area contributed by atoms with Crippen LogP contribution in [0.1, 0.15) is 15.9 Å². The number of benzene rings is 1. The number of ether oxygens (including phenoxy) is 1. The lowest BCUT2D eigenvalue weighted by Gasteiger charge is -2.08. The molecule has 2 rings (SSSR count). The summed E-state index contributed by atoms with van der Waals surface area (Å²) in [4.78, 5) is 18.7. The summed E-state index contributed by atoms with van der Waals surface area (Å²) in [6, 6.07) is 9.47. The Labute approximate surface area is 109 Å². The number of hydrogen-bond donors (Lipinski definition) is 1. The number of amides is 1. The third kappa shape index (κ3) is 2.95. The summed E-state index contributed by atoms with van der Waals surface area (Å²) < 4.78 is 5.43. The highest BCUT2D eigenvalue weighted by molar-refractivity contribution is 6.28. The van der Waals surface area contributed by atoms with Gasteiger partial charge in [-0.3, -0.25) is 4.79 Å². The molecule has 0 saturated carbocycles. The molecule has 0 spiro atoms. The van der Waals surface area contributed by atoms with Crippen molar-refractivity contribution in [3.05, 3.63) is 52.9 Å². The van der Waals surface area contributed by atoms with Gasteiger partial charge < -0.3 is 10.5 Å². The molecule has 6 heteroatoms. The molecule has 92 valence electrons. The maximum atomic E-state index is 11.2. The highest BCUT2D eigenvalue weighted by atomic mass is 35.5. The van der Waals surface area contributed by atoms with Crippen molar-refractivity contribution in [2.45, 2.75) is 6.61 Å². The van der Waals surface area contributed by atoms with Gasteiger partial charge in [-0.25, -0.2) is 4.98 Å². The Morgan fingerprint density at radius 2 is 2.06 bits per heavy atom. The number of aromatic nitrogens is 2. The molecule has 2 N–H and O–H groups in total. The molecular formula is C12H10ClN3O2. The van der Waals surface area contributed by atoms with Crippen LogP contribution in [0.3, 0.4) is 0 Å². The fraction of sp³-hybridized carbons (Fsp3) is 0.0833. The van der Waals surface area contributed by atoms with E-state index >= 15 is 0 Å². The first kappa shape index (κ1) is 12.3. The van der Waals surface area contributed by atoms with E-state index in [0.717, 1.165) is 5.56 Å². The first-order valence-corrected chi connectivity index (χ1v) is 5.53. The van der Waals surface area contributed by atoms with E-state index < -0.39 is 5.91 Å². The van der Waals surface area contributed by atoms with Gasteiger partial charge >= 0.3 is 0 Å². The largest absolute Gasteiger partial charge is 0.472 e. The summed E-state index contributed by atoms with van der Waals surface area (Å²) >= 11 is 5.65. The smallest absolute Gasteiger partial charge is 0.255 e. The van der Waals surface area contributed by atoms with E-state index in [-0.39, 0.29) is 23.3 Å². The number of hydrogen-bond acceptors (Lipinski definition) is 4. The highest BCUT2D eigenvalue weighted by Crippen LogP contribution is 2.17. The zero-order valence-corrected chi connectivity index (χ0v) is 10.1. The van der Waals surface area contributed by atoms with Crippen LogP contribution in [0.15, 0.2) is 36.5 Å². The fourth-order valence-electron chi connectivity index (χ4n) is 1.35. The first-order valence-electron chi connectivity index (χ1n) is 5.16. The molecule has 5 nitrogen and oxygen atoms in total. The van der Waals surface area contributed by atoms with Crippen molar-refractivity contribution in [2.24, 2.45) is 5.73 Å². The highest BCUT2D eigenvalue weighted by Gasteiger charge is 2.12. The predicted molar refractivity (Wildman–Crippen MR) is 66.3 cm³/mol. The summed E-state index contributed by atoms with van der Waals surface area (Å²) in [7, 11) is 0. The van der Waals surface area contributed by atoms with E-state index in [9.17, 15) is 4.79 Å². The molecule has 1 amide bonds. The number of nitrogens with two attached hydrogens (primary N) is 1. The average Bonchev–Trinajstić information content (AvgIpc) is 2.37. The lowest BCUT2D eigenvalue weighted by atomic mass is 10.2. The van der Waals surface area contributed by atoms with Crippen LogP contribution in [-0.2, 0) is 6.61 Å². The van der Waals surface area contributed by atoms with Gasteiger partial charge in [0.2, 0.25) is 11.2 Å². The minimum atomic E-state index is -0.658. The van der Waals surface area contributed by atoms with Gasteiger partial charge in [0, 0.05) is 6.20 Å². The van der Waals surface area contributed by atoms with Crippen LogP contribution < -0.4 is 10.5 Å². The molecule has 2 aromatic rings. The number of halogens is 1. The molecule has 1 aromatic heterocycles. The summed E-state index contributed by atoms with van der Waals surface area (Å²) in [6.07, 6.45) is 1.25. The number of carbonyl (C=O) groups is 1. The van der Waals surface area contributed by atoms with Gasteiger partial charge in [0.15, 0.2) is 0 Å². The van der Waals surface area contributed by atoms with Crippen LogP contribution in [0.25, 0.3) is 0 Å². The van der Waals surface area contributed by atoms with Gasteiger partial charge in [-0.2, -0.15) is 4.98 Å². The summed E-state index contributed by atoms with van der Waals surface area (Å²) in [6.45, 7) is 0.272. The van der Waals surface area contributed by atoms with Crippen LogP contribution in [0, 0.1) is 0 Å². The Morgan fingerprint density at radius 3 is 2.72 bits per heavy atom. The maximum absolute atomic E-state index is 11.2. The lowest BCUT2D eigenvalue weighted by molar-refractivity contribution is 0.0994. The molecule has 0 aliphatic carbocycles. The van der Waals surface area contributed by atoms with Gasteiger partial charge in [0.25, 0.3) is 5.91 Å². The second-order valence-electron chi connectivity index (χ2n) is 3.50. The van der Waals surface area contributed by atoms with Crippen molar-refractivity contribution in [1.29, 1.82) is 0 Å². The van der Waals surface area contributed by atoms with Crippen LogP contribution >= 0.6 is 11.6 Å². The molecule has 0 bridgehead atoms. The second-order valence-corrected chi connectivity index (χ2v) is 3.83. The molecule has 0 aliphatic heterocycles. The minimum Gasteiger partial charge on any atom is -0.472 e. The van der Waals surface area contributed by atoms with Crippen LogP contribution in [0.4, 0.5) is 0 Å². The molecule has 1 heterocycles. The molecule has 0 unspecified atom stereocenters. The van der Waals surface area contributed by atoms with Crippen LogP contribution in [0.5, 0.6) is 5.88 Å². The van der Waals surface area contributed by atoms with Crippen molar-refractivity contribution < 1.29 is 9.53 Å². The lowest BCUT2D eigenvalue weighted by Crippen LogP contribution is -2.14. The third-order valence-electron chi connectivity index (χ3n) is 2.21. The quantitative estimate of drug-likeness (QED) is 0.854. The van der Waals surface area contributed by atoms with Crippen molar-refractivity contribution in [2.75, 3.05) is 0 Å². The van der Waals surface area contributed by atoms with Crippen LogP contribution in [0.2, 0.25) is 5.28 Å². The van der Waals surface area contributed by atoms with Gasteiger partial charge in [0.1, 0.15) is 12.2 Å². The van der Waals surface area contributed by atoms with Crippen molar-refractivity contribution in [1.82, 2.24) is 9.97 Å². The average molecular weight is 264 g/mol. The van der Waals surface area contributed by atoms with E-state index in [1.165, 1.54) is 6.20 Å². The molecular weight excluding hydrogens is 254 g/mol. The molecule has 0 aliphatic rings. The maximum Gasteiger partial charge on any atom is 0.255 e. The molecule has 0 fully saturated rings. The van der Waals surface area contributed by atoms with E-state index in [2.05, 4.69) is 9.97 Å². The van der Waals surface area contributed by atoms with Gasteiger partial charge in [-0.05, 0) is 17.2 Å². The number of primary amides is 1. The standard InChI is InChI=1S/C12H10ClN3O2/c13-12-15-6-9(10(14)17)11(16-12)18-7-8-4-2-1-3-5-8/h1-6H,7H2,(H2,14,17). The Kier molecular flexibility index (Phi) is 3.74. The molecule has 0 atom stereocenters. The Morgan fingerprint density at radius 1 is 1.33 bits per heavy atom. The molecule has 1 aromatic carbocycles. The molecule has 0 saturated heterocycles. The minimum absolute atomic E-state index is 0.00283.